The Morgan fingerprint density at radius 3 is 2.41 bits per heavy atom. The van der Waals surface area contributed by atoms with Crippen LogP contribution in [0.15, 0.2) is 4.52 Å². The molecule has 5 heteroatoms. The van der Waals surface area contributed by atoms with Gasteiger partial charge in [0.2, 0.25) is 11.7 Å². The van der Waals surface area contributed by atoms with Crippen LogP contribution in [-0.2, 0) is 15.9 Å². The van der Waals surface area contributed by atoms with E-state index < -0.39 is 5.54 Å². The molecule has 0 unspecified atom stereocenters. The van der Waals surface area contributed by atoms with Crippen LogP contribution in [0.2, 0.25) is 0 Å². The van der Waals surface area contributed by atoms with Gasteiger partial charge >= 0.3 is 0 Å². The van der Waals surface area contributed by atoms with Crippen LogP contribution in [0.1, 0.15) is 56.7 Å². The maximum atomic E-state index is 6.30. The van der Waals surface area contributed by atoms with Gasteiger partial charge in [-0.15, -0.1) is 0 Å². The number of hydrogen-bond donors (Lipinski definition) is 1. The first-order chi connectivity index (χ1) is 8.19. The van der Waals surface area contributed by atoms with E-state index in [-0.39, 0.29) is 5.60 Å². The van der Waals surface area contributed by atoms with E-state index in [1.54, 1.807) is 7.11 Å². The SMILES string of the molecule is COC1(c2noc(C3(N)CCCC3)n2)CCC1. The van der Waals surface area contributed by atoms with E-state index in [2.05, 4.69) is 10.1 Å². The molecule has 0 atom stereocenters. The Morgan fingerprint density at radius 1 is 1.18 bits per heavy atom. The van der Waals surface area contributed by atoms with Crippen LogP contribution in [0.5, 0.6) is 0 Å². The van der Waals surface area contributed by atoms with Crippen LogP contribution in [-0.4, -0.2) is 17.3 Å². The second-order valence-corrected chi connectivity index (χ2v) is 5.34. The third-order valence-electron chi connectivity index (χ3n) is 4.31. The summed E-state index contributed by atoms with van der Waals surface area (Å²) in [5, 5.41) is 4.08. The van der Waals surface area contributed by atoms with Gasteiger partial charge in [0.25, 0.3) is 0 Å². The van der Waals surface area contributed by atoms with Crippen LogP contribution < -0.4 is 5.73 Å². The van der Waals surface area contributed by atoms with E-state index in [9.17, 15) is 0 Å². The van der Waals surface area contributed by atoms with E-state index in [1.807, 2.05) is 0 Å². The fourth-order valence-electron chi connectivity index (χ4n) is 2.85. The highest BCUT2D eigenvalue weighted by Gasteiger charge is 2.45. The van der Waals surface area contributed by atoms with Gasteiger partial charge in [0, 0.05) is 7.11 Å². The maximum Gasteiger partial charge on any atom is 0.246 e. The zero-order valence-electron chi connectivity index (χ0n) is 10.2. The molecule has 0 radical (unpaired) electrons. The van der Waals surface area contributed by atoms with Crippen molar-refractivity contribution in [2.24, 2.45) is 5.73 Å². The number of rotatable bonds is 3. The lowest BCUT2D eigenvalue weighted by atomic mass is 9.79. The Balaban J connectivity index is 1.87. The number of methoxy groups -OCH3 is 1. The molecule has 2 saturated carbocycles. The maximum absolute atomic E-state index is 6.30. The molecule has 2 aliphatic carbocycles. The fourth-order valence-corrected chi connectivity index (χ4v) is 2.85. The molecule has 2 fully saturated rings. The van der Waals surface area contributed by atoms with E-state index in [0.717, 1.165) is 44.9 Å². The van der Waals surface area contributed by atoms with Crippen molar-refractivity contribution in [2.75, 3.05) is 7.11 Å². The van der Waals surface area contributed by atoms with Gasteiger partial charge in [-0.3, -0.25) is 0 Å². The van der Waals surface area contributed by atoms with E-state index >= 15 is 0 Å². The summed E-state index contributed by atoms with van der Waals surface area (Å²) in [4.78, 5) is 4.50. The molecule has 0 aliphatic heterocycles. The van der Waals surface area contributed by atoms with Crippen molar-refractivity contribution >= 4 is 0 Å². The summed E-state index contributed by atoms with van der Waals surface area (Å²) >= 11 is 0. The van der Waals surface area contributed by atoms with Crippen LogP contribution in [0.4, 0.5) is 0 Å². The number of hydrogen-bond acceptors (Lipinski definition) is 5. The lowest BCUT2D eigenvalue weighted by Crippen LogP contribution is -2.38. The zero-order valence-corrected chi connectivity index (χ0v) is 10.2. The summed E-state index contributed by atoms with van der Waals surface area (Å²) in [6, 6.07) is 0. The molecule has 0 saturated heterocycles. The third kappa shape index (κ3) is 1.60. The van der Waals surface area contributed by atoms with Gasteiger partial charge in [0.05, 0.1) is 5.54 Å². The topological polar surface area (TPSA) is 74.2 Å². The van der Waals surface area contributed by atoms with E-state index in [4.69, 9.17) is 15.0 Å². The largest absolute Gasteiger partial charge is 0.370 e. The molecule has 1 heterocycles. The van der Waals surface area contributed by atoms with Crippen LogP contribution in [0.3, 0.4) is 0 Å². The normalized spacial score (nSPS) is 25.8. The quantitative estimate of drug-likeness (QED) is 0.868. The number of nitrogens with two attached hydrogens (primary N) is 1. The molecule has 17 heavy (non-hydrogen) atoms. The molecule has 0 aromatic carbocycles. The Morgan fingerprint density at radius 2 is 1.88 bits per heavy atom. The standard InChI is InChI=1S/C12H19N3O2/c1-16-12(7-4-8-12)9-14-10(17-15-9)11(13)5-2-3-6-11/h2-8,13H2,1H3. The van der Waals surface area contributed by atoms with Gasteiger partial charge in [-0.05, 0) is 32.1 Å². The monoisotopic (exact) mass is 237 g/mol. The van der Waals surface area contributed by atoms with Crippen LogP contribution in [0.25, 0.3) is 0 Å². The van der Waals surface area contributed by atoms with Crippen molar-refractivity contribution in [3.8, 4) is 0 Å². The molecule has 1 aromatic rings. The second kappa shape index (κ2) is 3.78. The Bertz CT molecular complexity index is 384. The molecule has 0 spiro atoms. The molecule has 2 aliphatic rings. The molecule has 0 bridgehead atoms. The molecular formula is C12H19N3O2. The van der Waals surface area contributed by atoms with Crippen LogP contribution in [0, 0.1) is 0 Å². The highest BCUT2D eigenvalue weighted by Crippen LogP contribution is 2.44. The third-order valence-corrected chi connectivity index (χ3v) is 4.31. The van der Waals surface area contributed by atoms with Crippen molar-refractivity contribution in [1.82, 2.24) is 10.1 Å². The molecule has 94 valence electrons. The molecule has 1 aromatic heterocycles. The smallest absolute Gasteiger partial charge is 0.246 e. The van der Waals surface area contributed by atoms with Crippen molar-refractivity contribution in [3.05, 3.63) is 11.7 Å². The van der Waals surface area contributed by atoms with Gasteiger partial charge < -0.3 is 15.0 Å². The molecule has 2 N–H and O–H groups in total. The highest BCUT2D eigenvalue weighted by atomic mass is 16.5. The van der Waals surface area contributed by atoms with Crippen molar-refractivity contribution < 1.29 is 9.26 Å². The predicted octanol–water partition coefficient (Wildman–Crippen LogP) is 1.82. The Kier molecular flexibility index (Phi) is 2.48. The Hall–Kier alpha value is -0.940. The van der Waals surface area contributed by atoms with Crippen LogP contribution >= 0.6 is 0 Å². The fraction of sp³-hybridized carbons (Fsp3) is 0.833. The van der Waals surface area contributed by atoms with Gasteiger partial charge in [-0.25, -0.2) is 0 Å². The number of aromatic nitrogens is 2. The molecular weight excluding hydrogens is 218 g/mol. The average molecular weight is 237 g/mol. The minimum atomic E-state index is -0.399. The summed E-state index contributed by atoms with van der Waals surface area (Å²) in [5.74, 6) is 1.27. The first kappa shape index (κ1) is 11.2. The summed E-state index contributed by atoms with van der Waals surface area (Å²) < 4.78 is 10.9. The average Bonchev–Trinajstić information content (AvgIpc) is 2.87. The number of nitrogens with zero attached hydrogens (tertiary/aromatic N) is 2. The van der Waals surface area contributed by atoms with Gasteiger partial charge in [0.15, 0.2) is 0 Å². The Labute approximate surface area is 101 Å². The predicted molar refractivity (Wildman–Crippen MR) is 61.2 cm³/mol. The van der Waals surface area contributed by atoms with Crippen molar-refractivity contribution in [2.45, 2.75) is 56.1 Å². The first-order valence-electron chi connectivity index (χ1n) is 6.37. The lowest BCUT2D eigenvalue weighted by molar-refractivity contribution is -0.0858. The minimum Gasteiger partial charge on any atom is -0.370 e. The van der Waals surface area contributed by atoms with E-state index in [0.29, 0.717) is 11.7 Å². The second-order valence-electron chi connectivity index (χ2n) is 5.34. The minimum absolute atomic E-state index is 0.309. The van der Waals surface area contributed by atoms with E-state index in [1.165, 1.54) is 0 Å². The van der Waals surface area contributed by atoms with Crippen molar-refractivity contribution in [1.29, 1.82) is 0 Å². The highest BCUT2D eigenvalue weighted by molar-refractivity contribution is 5.11. The summed E-state index contributed by atoms with van der Waals surface area (Å²) in [7, 11) is 1.71. The van der Waals surface area contributed by atoms with Gasteiger partial charge in [-0.2, -0.15) is 4.98 Å². The van der Waals surface area contributed by atoms with Crippen molar-refractivity contribution in [3.63, 3.8) is 0 Å². The molecule has 3 rings (SSSR count). The summed E-state index contributed by atoms with van der Waals surface area (Å²) in [6.45, 7) is 0. The van der Waals surface area contributed by atoms with Gasteiger partial charge in [-0.1, -0.05) is 18.0 Å². The number of ether oxygens (including phenoxy) is 1. The lowest BCUT2D eigenvalue weighted by Gasteiger charge is -2.37. The molecule has 0 amide bonds. The summed E-state index contributed by atoms with van der Waals surface area (Å²) in [6.07, 6.45) is 7.27. The summed E-state index contributed by atoms with van der Waals surface area (Å²) in [5.41, 5.74) is 5.59. The first-order valence-corrected chi connectivity index (χ1v) is 6.37. The zero-order chi connectivity index (χ0) is 11.9. The molecule has 5 nitrogen and oxygen atoms in total. The van der Waals surface area contributed by atoms with Gasteiger partial charge in [0.1, 0.15) is 5.60 Å².